The Balaban J connectivity index is 2.18. The van der Waals surface area contributed by atoms with Gasteiger partial charge in [-0.25, -0.2) is 4.79 Å². The fraction of sp³-hybridized carbons (Fsp3) is 0.350. The van der Waals surface area contributed by atoms with Crippen LogP contribution in [0.3, 0.4) is 0 Å². The molecule has 0 unspecified atom stereocenters. The third-order valence-corrected chi connectivity index (χ3v) is 3.99. The number of likely N-dealkylation sites (tertiary alicyclic amines) is 1. The summed E-state index contributed by atoms with van der Waals surface area (Å²) in [7, 11) is 1.59. The van der Waals surface area contributed by atoms with Gasteiger partial charge in [0.1, 0.15) is 5.75 Å². The fourth-order valence-electron chi connectivity index (χ4n) is 2.72. The van der Waals surface area contributed by atoms with Crippen LogP contribution in [0.1, 0.15) is 19.4 Å². The van der Waals surface area contributed by atoms with Crippen LogP contribution in [0, 0.1) is 5.92 Å². The lowest BCUT2D eigenvalue weighted by Crippen LogP contribution is -2.25. The zero-order valence-electron chi connectivity index (χ0n) is 15.6. The minimum Gasteiger partial charge on any atom is -0.497 e. The molecule has 1 atom stereocenters. The lowest BCUT2D eigenvalue weighted by atomic mass is 10.0. The molecule has 1 aliphatic heterocycles. The molecule has 0 bridgehead atoms. The molecular formula is C20H23NO6. The van der Waals surface area contributed by atoms with E-state index in [2.05, 4.69) is 0 Å². The molecule has 1 amide bonds. The maximum atomic E-state index is 12.8. The number of methoxy groups -OCH3 is 1. The SMILES string of the molecule is CCOC(=O)/C=C1\C(=O)N(Cc2ccc(OC)cc2)C[C@@H]1/C=C/OC(C)=O. The molecule has 1 aromatic rings. The van der Waals surface area contributed by atoms with Gasteiger partial charge in [0.2, 0.25) is 0 Å². The molecule has 0 aromatic heterocycles. The number of amides is 1. The molecule has 1 saturated heterocycles. The molecule has 1 aliphatic rings. The summed E-state index contributed by atoms with van der Waals surface area (Å²) in [6, 6.07) is 7.40. The maximum Gasteiger partial charge on any atom is 0.331 e. The highest BCUT2D eigenvalue weighted by Crippen LogP contribution is 2.27. The average Bonchev–Trinajstić information content (AvgIpc) is 2.91. The van der Waals surface area contributed by atoms with E-state index in [9.17, 15) is 14.4 Å². The molecule has 144 valence electrons. The number of carbonyl (C=O) groups is 3. The first-order chi connectivity index (χ1) is 12.9. The van der Waals surface area contributed by atoms with Gasteiger partial charge in [0.25, 0.3) is 5.91 Å². The second kappa shape index (κ2) is 9.56. The van der Waals surface area contributed by atoms with Crippen LogP contribution in [-0.4, -0.2) is 43.0 Å². The van der Waals surface area contributed by atoms with Crippen LogP contribution in [0.5, 0.6) is 5.75 Å². The third kappa shape index (κ3) is 5.70. The first-order valence-corrected chi connectivity index (χ1v) is 8.59. The van der Waals surface area contributed by atoms with E-state index in [0.717, 1.165) is 11.3 Å². The number of carbonyl (C=O) groups excluding carboxylic acids is 3. The largest absolute Gasteiger partial charge is 0.497 e. The molecule has 1 aromatic carbocycles. The lowest BCUT2D eigenvalue weighted by Gasteiger charge is -2.15. The highest BCUT2D eigenvalue weighted by Gasteiger charge is 2.34. The summed E-state index contributed by atoms with van der Waals surface area (Å²) in [6.07, 6.45) is 4.05. The van der Waals surface area contributed by atoms with Gasteiger partial charge in [-0.15, -0.1) is 0 Å². The van der Waals surface area contributed by atoms with Gasteiger partial charge in [-0.05, 0) is 30.7 Å². The van der Waals surface area contributed by atoms with Crippen LogP contribution in [0.2, 0.25) is 0 Å². The summed E-state index contributed by atoms with van der Waals surface area (Å²) in [5.41, 5.74) is 1.25. The molecule has 27 heavy (non-hydrogen) atoms. The van der Waals surface area contributed by atoms with Crippen molar-refractivity contribution in [2.24, 2.45) is 5.92 Å². The van der Waals surface area contributed by atoms with Gasteiger partial charge in [0, 0.05) is 37.6 Å². The van der Waals surface area contributed by atoms with Crippen molar-refractivity contribution in [3.63, 3.8) is 0 Å². The minimum absolute atomic E-state index is 0.223. The van der Waals surface area contributed by atoms with Crippen LogP contribution in [0.25, 0.3) is 0 Å². The van der Waals surface area contributed by atoms with Gasteiger partial charge in [0.05, 0.1) is 20.0 Å². The van der Waals surface area contributed by atoms with Gasteiger partial charge in [0.15, 0.2) is 0 Å². The second-order valence-corrected chi connectivity index (χ2v) is 5.93. The number of hydrogen-bond acceptors (Lipinski definition) is 6. The highest BCUT2D eigenvalue weighted by atomic mass is 16.5. The van der Waals surface area contributed by atoms with Crippen molar-refractivity contribution in [1.82, 2.24) is 4.90 Å². The second-order valence-electron chi connectivity index (χ2n) is 5.93. The number of rotatable bonds is 7. The van der Waals surface area contributed by atoms with E-state index >= 15 is 0 Å². The van der Waals surface area contributed by atoms with Gasteiger partial charge in [-0.1, -0.05) is 12.1 Å². The van der Waals surface area contributed by atoms with Gasteiger partial charge in [-0.2, -0.15) is 0 Å². The molecule has 0 N–H and O–H groups in total. The van der Waals surface area contributed by atoms with Crippen molar-refractivity contribution in [2.75, 3.05) is 20.3 Å². The Morgan fingerprint density at radius 2 is 1.96 bits per heavy atom. The van der Waals surface area contributed by atoms with Crippen molar-refractivity contribution in [3.05, 3.63) is 53.8 Å². The predicted octanol–water partition coefficient (Wildman–Crippen LogP) is 2.22. The molecule has 0 aliphatic carbocycles. The summed E-state index contributed by atoms with van der Waals surface area (Å²) in [4.78, 5) is 37.1. The number of hydrogen-bond donors (Lipinski definition) is 0. The van der Waals surface area contributed by atoms with E-state index in [1.54, 1.807) is 25.0 Å². The Kier molecular flexibility index (Phi) is 7.16. The molecule has 2 rings (SSSR count). The monoisotopic (exact) mass is 373 g/mol. The Morgan fingerprint density at radius 3 is 2.56 bits per heavy atom. The van der Waals surface area contributed by atoms with Crippen LogP contribution in [0.4, 0.5) is 0 Å². The van der Waals surface area contributed by atoms with E-state index in [1.165, 1.54) is 19.3 Å². The van der Waals surface area contributed by atoms with Crippen molar-refractivity contribution in [1.29, 1.82) is 0 Å². The summed E-state index contributed by atoms with van der Waals surface area (Å²) in [5, 5.41) is 0. The highest BCUT2D eigenvalue weighted by molar-refractivity contribution is 6.02. The molecule has 0 spiro atoms. The first-order valence-electron chi connectivity index (χ1n) is 8.59. The van der Waals surface area contributed by atoms with Crippen molar-refractivity contribution in [3.8, 4) is 5.75 Å². The van der Waals surface area contributed by atoms with Crippen LogP contribution < -0.4 is 4.74 Å². The van der Waals surface area contributed by atoms with Crippen molar-refractivity contribution < 1.29 is 28.6 Å². The van der Waals surface area contributed by atoms with E-state index < -0.39 is 11.9 Å². The quantitative estimate of drug-likeness (QED) is 0.414. The Morgan fingerprint density at radius 1 is 1.26 bits per heavy atom. The van der Waals surface area contributed by atoms with E-state index in [-0.39, 0.29) is 18.4 Å². The van der Waals surface area contributed by atoms with Crippen LogP contribution >= 0.6 is 0 Å². The number of esters is 2. The average molecular weight is 373 g/mol. The zero-order valence-corrected chi connectivity index (χ0v) is 15.6. The van der Waals surface area contributed by atoms with Crippen molar-refractivity contribution >= 4 is 17.8 Å². The molecule has 0 radical (unpaired) electrons. The first kappa shape index (κ1) is 20.2. The lowest BCUT2D eigenvalue weighted by molar-refractivity contribution is -0.138. The van der Waals surface area contributed by atoms with Gasteiger partial charge >= 0.3 is 11.9 Å². The topological polar surface area (TPSA) is 82.1 Å². The molecule has 1 fully saturated rings. The summed E-state index contributed by atoms with van der Waals surface area (Å²) >= 11 is 0. The Labute approximate surface area is 158 Å². The summed E-state index contributed by atoms with van der Waals surface area (Å²) in [5.74, 6) is -0.924. The predicted molar refractivity (Wildman–Crippen MR) is 97.5 cm³/mol. The fourth-order valence-corrected chi connectivity index (χ4v) is 2.72. The molecular weight excluding hydrogens is 350 g/mol. The minimum atomic E-state index is -0.571. The standard InChI is InChI=1S/C20H23NO6/c1-4-26-19(23)11-18-16(9-10-27-14(2)22)13-21(20(18)24)12-15-5-7-17(25-3)8-6-15/h5-11,16H,4,12-13H2,1-3H3/b10-9+,18-11-/t16-/m0/s1. The molecule has 7 heteroatoms. The maximum absolute atomic E-state index is 12.8. The Hall–Kier alpha value is -3.09. The van der Waals surface area contributed by atoms with E-state index in [0.29, 0.717) is 18.7 Å². The van der Waals surface area contributed by atoms with Crippen molar-refractivity contribution in [2.45, 2.75) is 20.4 Å². The number of ether oxygens (including phenoxy) is 3. The van der Waals surface area contributed by atoms with E-state index in [4.69, 9.17) is 14.2 Å². The van der Waals surface area contributed by atoms with Crippen LogP contribution in [-0.2, 0) is 30.4 Å². The summed E-state index contributed by atoms with van der Waals surface area (Å²) < 4.78 is 14.9. The number of nitrogens with zero attached hydrogens (tertiary/aromatic N) is 1. The number of benzene rings is 1. The van der Waals surface area contributed by atoms with Gasteiger partial charge in [-0.3, -0.25) is 9.59 Å². The normalized spacial score (nSPS) is 18.2. The smallest absolute Gasteiger partial charge is 0.331 e. The zero-order chi connectivity index (χ0) is 19.8. The third-order valence-electron chi connectivity index (χ3n) is 3.99. The molecule has 0 saturated carbocycles. The van der Waals surface area contributed by atoms with Crippen LogP contribution in [0.15, 0.2) is 48.3 Å². The van der Waals surface area contributed by atoms with E-state index in [1.807, 2.05) is 24.3 Å². The Bertz CT molecular complexity index is 750. The summed E-state index contributed by atoms with van der Waals surface area (Å²) in [6.45, 7) is 3.96. The molecule has 7 nitrogen and oxygen atoms in total. The molecule has 1 heterocycles. The van der Waals surface area contributed by atoms with Gasteiger partial charge < -0.3 is 19.1 Å².